The second kappa shape index (κ2) is 9.27. The Morgan fingerprint density at radius 2 is 1.92 bits per heavy atom. The summed E-state index contributed by atoms with van der Waals surface area (Å²) >= 11 is 0. The van der Waals surface area contributed by atoms with Crippen molar-refractivity contribution in [3.63, 3.8) is 0 Å². The van der Waals surface area contributed by atoms with E-state index in [2.05, 4.69) is 5.32 Å². The van der Waals surface area contributed by atoms with Gasteiger partial charge < -0.3 is 19.9 Å². The minimum Gasteiger partial charge on any atom is -0.497 e. The SMILES string of the molecule is COc1cccc(NC(=O)CN(C)C(=O)C[NH+]2CCCCCC2)c1. The van der Waals surface area contributed by atoms with Crippen LogP contribution in [0.1, 0.15) is 25.7 Å². The summed E-state index contributed by atoms with van der Waals surface area (Å²) in [5.41, 5.74) is 0.665. The average molecular weight is 334 g/mol. The van der Waals surface area contributed by atoms with Crippen LogP contribution in [0.4, 0.5) is 5.69 Å². The number of hydrogen-bond donors (Lipinski definition) is 2. The number of likely N-dealkylation sites (N-methyl/N-ethyl adjacent to an activating group) is 1. The summed E-state index contributed by atoms with van der Waals surface area (Å²) in [7, 11) is 3.27. The fourth-order valence-electron chi connectivity index (χ4n) is 2.96. The molecule has 0 atom stereocenters. The van der Waals surface area contributed by atoms with E-state index in [1.54, 1.807) is 26.3 Å². The number of methoxy groups -OCH3 is 1. The second-order valence-corrected chi connectivity index (χ2v) is 6.37. The number of carbonyl (C=O) groups excluding carboxylic acids is 2. The first-order chi connectivity index (χ1) is 11.6. The fraction of sp³-hybridized carbons (Fsp3) is 0.556. The molecule has 0 bridgehead atoms. The van der Waals surface area contributed by atoms with E-state index in [1.807, 2.05) is 12.1 Å². The highest BCUT2D eigenvalue weighted by Gasteiger charge is 2.20. The molecule has 0 unspecified atom stereocenters. The van der Waals surface area contributed by atoms with E-state index < -0.39 is 0 Å². The van der Waals surface area contributed by atoms with Crippen LogP contribution in [0.2, 0.25) is 0 Å². The fourth-order valence-corrected chi connectivity index (χ4v) is 2.96. The Morgan fingerprint density at radius 1 is 1.21 bits per heavy atom. The van der Waals surface area contributed by atoms with Crippen LogP contribution in [-0.4, -0.2) is 57.1 Å². The maximum absolute atomic E-state index is 12.3. The van der Waals surface area contributed by atoms with E-state index in [4.69, 9.17) is 4.74 Å². The van der Waals surface area contributed by atoms with Gasteiger partial charge in [0.25, 0.3) is 5.91 Å². The number of anilines is 1. The van der Waals surface area contributed by atoms with Gasteiger partial charge in [0.1, 0.15) is 5.75 Å². The van der Waals surface area contributed by atoms with Gasteiger partial charge in [-0.2, -0.15) is 0 Å². The Morgan fingerprint density at radius 3 is 2.58 bits per heavy atom. The number of rotatable bonds is 6. The molecule has 0 aliphatic carbocycles. The van der Waals surface area contributed by atoms with E-state index in [1.165, 1.54) is 35.5 Å². The smallest absolute Gasteiger partial charge is 0.277 e. The Labute approximate surface area is 143 Å². The minimum absolute atomic E-state index is 0.0210. The number of ether oxygens (including phenoxy) is 1. The maximum Gasteiger partial charge on any atom is 0.277 e. The molecule has 6 heteroatoms. The number of likely N-dealkylation sites (tertiary alicyclic amines) is 1. The molecule has 1 heterocycles. The van der Waals surface area contributed by atoms with Crippen LogP contribution in [0, 0.1) is 0 Å². The summed E-state index contributed by atoms with van der Waals surface area (Å²) in [6.07, 6.45) is 4.89. The summed E-state index contributed by atoms with van der Waals surface area (Å²) < 4.78 is 5.13. The predicted molar refractivity (Wildman–Crippen MR) is 93.3 cm³/mol. The third-order valence-corrected chi connectivity index (χ3v) is 4.37. The first kappa shape index (κ1) is 18.3. The largest absolute Gasteiger partial charge is 0.497 e. The van der Waals surface area contributed by atoms with Gasteiger partial charge in [0.15, 0.2) is 6.54 Å². The van der Waals surface area contributed by atoms with Crippen molar-refractivity contribution in [1.29, 1.82) is 0 Å². The van der Waals surface area contributed by atoms with E-state index in [-0.39, 0.29) is 18.4 Å². The molecule has 2 amide bonds. The number of nitrogens with zero attached hydrogens (tertiary/aromatic N) is 1. The van der Waals surface area contributed by atoms with Crippen LogP contribution < -0.4 is 15.0 Å². The molecule has 0 saturated carbocycles. The molecular weight excluding hydrogens is 306 g/mol. The molecule has 1 fully saturated rings. The van der Waals surface area contributed by atoms with Gasteiger partial charge in [-0.15, -0.1) is 0 Å². The minimum atomic E-state index is -0.204. The highest BCUT2D eigenvalue weighted by atomic mass is 16.5. The normalized spacial score (nSPS) is 15.4. The van der Waals surface area contributed by atoms with Gasteiger partial charge in [-0.1, -0.05) is 6.07 Å². The molecule has 0 spiro atoms. The van der Waals surface area contributed by atoms with Crippen molar-refractivity contribution in [1.82, 2.24) is 4.90 Å². The number of benzene rings is 1. The topological polar surface area (TPSA) is 63.1 Å². The van der Waals surface area contributed by atoms with Crippen LogP contribution in [-0.2, 0) is 9.59 Å². The van der Waals surface area contributed by atoms with Crippen LogP contribution in [0.3, 0.4) is 0 Å². The van der Waals surface area contributed by atoms with Crippen molar-refractivity contribution in [3.8, 4) is 5.75 Å². The molecular formula is C18H28N3O3+. The van der Waals surface area contributed by atoms with Crippen LogP contribution in [0.5, 0.6) is 5.75 Å². The molecule has 2 N–H and O–H groups in total. The molecule has 2 rings (SSSR count). The summed E-state index contributed by atoms with van der Waals surface area (Å²) in [6.45, 7) is 2.64. The second-order valence-electron chi connectivity index (χ2n) is 6.37. The molecule has 1 aliphatic rings. The van der Waals surface area contributed by atoms with E-state index >= 15 is 0 Å². The van der Waals surface area contributed by atoms with Crippen molar-refractivity contribution in [2.75, 3.05) is 45.7 Å². The molecule has 1 aromatic carbocycles. The zero-order chi connectivity index (χ0) is 17.4. The van der Waals surface area contributed by atoms with Gasteiger partial charge >= 0.3 is 0 Å². The standard InChI is InChI=1S/C18H27N3O3/c1-20(18(23)14-21-10-5-3-4-6-11-21)13-17(22)19-15-8-7-9-16(12-15)24-2/h7-9,12H,3-6,10-11,13-14H2,1-2H3,(H,19,22)/p+1. The quantitative estimate of drug-likeness (QED) is 0.799. The van der Waals surface area contributed by atoms with Gasteiger partial charge in [-0.05, 0) is 37.8 Å². The first-order valence-electron chi connectivity index (χ1n) is 8.60. The van der Waals surface area contributed by atoms with Gasteiger partial charge in [-0.3, -0.25) is 9.59 Å². The van der Waals surface area contributed by atoms with Crippen molar-refractivity contribution in [2.24, 2.45) is 0 Å². The first-order valence-corrected chi connectivity index (χ1v) is 8.60. The lowest BCUT2D eigenvalue weighted by molar-refractivity contribution is -0.891. The maximum atomic E-state index is 12.3. The Kier molecular flexibility index (Phi) is 7.06. The van der Waals surface area contributed by atoms with E-state index in [0.717, 1.165) is 13.1 Å². The zero-order valence-corrected chi connectivity index (χ0v) is 14.6. The van der Waals surface area contributed by atoms with Gasteiger partial charge in [0.2, 0.25) is 5.91 Å². The van der Waals surface area contributed by atoms with Gasteiger partial charge in [0.05, 0.1) is 26.7 Å². The summed E-state index contributed by atoms with van der Waals surface area (Å²) in [5.74, 6) is 0.500. The van der Waals surface area contributed by atoms with Crippen LogP contribution >= 0.6 is 0 Å². The highest BCUT2D eigenvalue weighted by molar-refractivity contribution is 5.94. The summed E-state index contributed by atoms with van der Waals surface area (Å²) in [4.78, 5) is 27.3. The molecule has 1 aliphatic heterocycles. The van der Waals surface area contributed by atoms with Gasteiger partial charge in [0, 0.05) is 18.8 Å². The Balaban J connectivity index is 1.80. The zero-order valence-electron chi connectivity index (χ0n) is 14.6. The van der Waals surface area contributed by atoms with E-state index in [9.17, 15) is 9.59 Å². The number of hydrogen-bond acceptors (Lipinski definition) is 3. The van der Waals surface area contributed by atoms with Crippen LogP contribution in [0.25, 0.3) is 0 Å². The molecule has 1 saturated heterocycles. The third kappa shape index (κ3) is 5.85. The van der Waals surface area contributed by atoms with Crippen molar-refractivity contribution >= 4 is 17.5 Å². The third-order valence-electron chi connectivity index (χ3n) is 4.37. The number of carbonyl (C=O) groups is 2. The lowest BCUT2D eigenvalue weighted by Gasteiger charge is -2.21. The Bertz CT molecular complexity index is 554. The highest BCUT2D eigenvalue weighted by Crippen LogP contribution is 2.16. The molecule has 132 valence electrons. The predicted octanol–water partition coefficient (Wildman–Crippen LogP) is 0.551. The van der Waals surface area contributed by atoms with Crippen molar-refractivity contribution < 1.29 is 19.2 Å². The lowest BCUT2D eigenvalue weighted by atomic mass is 10.2. The summed E-state index contributed by atoms with van der Waals surface area (Å²) in [5, 5.41) is 2.80. The molecule has 0 radical (unpaired) electrons. The molecule has 1 aromatic rings. The number of amides is 2. The molecule has 24 heavy (non-hydrogen) atoms. The number of nitrogens with one attached hydrogen (secondary N) is 2. The number of quaternary nitrogens is 1. The molecule has 6 nitrogen and oxygen atoms in total. The average Bonchev–Trinajstić information content (AvgIpc) is 2.83. The van der Waals surface area contributed by atoms with Crippen LogP contribution in [0.15, 0.2) is 24.3 Å². The van der Waals surface area contributed by atoms with Crippen molar-refractivity contribution in [2.45, 2.75) is 25.7 Å². The monoisotopic (exact) mass is 334 g/mol. The lowest BCUT2D eigenvalue weighted by Crippen LogP contribution is -3.13. The van der Waals surface area contributed by atoms with Crippen molar-refractivity contribution in [3.05, 3.63) is 24.3 Å². The molecule has 0 aromatic heterocycles. The van der Waals surface area contributed by atoms with E-state index in [0.29, 0.717) is 18.0 Å². The van der Waals surface area contributed by atoms with Gasteiger partial charge in [-0.25, -0.2) is 0 Å². The Hall–Kier alpha value is -2.08. The summed E-state index contributed by atoms with van der Waals surface area (Å²) in [6, 6.07) is 7.17.